The van der Waals surface area contributed by atoms with Crippen LogP contribution in [0.15, 0.2) is 53.5 Å². The van der Waals surface area contributed by atoms with Crippen molar-refractivity contribution in [3.63, 3.8) is 0 Å². The van der Waals surface area contributed by atoms with Crippen molar-refractivity contribution in [1.29, 1.82) is 0 Å². The Balaban J connectivity index is 2.24. The van der Waals surface area contributed by atoms with Gasteiger partial charge in [0.15, 0.2) is 0 Å². The van der Waals surface area contributed by atoms with Crippen molar-refractivity contribution < 1.29 is 14.3 Å². The number of rotatable bonds is 2. The van der Waals surface area contributed by atoms with Gasteiger partial charge in [0, 0.05) is 30.1 Å². The SMILES string of the molecule is CC(=O)O[C@@H]1N=C(c2ccccc2)c2cc(Cl)ccc2N(C)C1=O. The van der Waals surface area contributed by atoms with Gasteiger partial charge < -0.3 is 9.64 Å². The average Bonchev–Trinajstić information content (AvgIpc) is 2.66. The number of carbonyl (C=O) groups is 2. The Labute approximate surface area is 144 Å². The van der Waals surface area contributed by atoms with E-state index in [1.165, 1.54) is 11.8 Å². The van der Waals surface area contributed by atoms with E-state index < -0.39 is 18.1 Å². The quantitative estimate of drug-likeness (QED) is 0.788. The lowest BCUT2D eigenvalue weighted by Crippen LogP contribution is -2.37. The van der Waals surface area contributed by atoms with Crippen LogP contribution in [0.25, 0.3) is 0 Å². The smallest absolute Gasteiger partial charge is 0.305 e. The molecule has 1 aliphatic rings. The maximum Gasteiger partial charge on any atom is 0.305 e. The Kier molecular flexibility index (Phi) is 4.36. The summed E-state index contributed by atoms with van der Waals surface area (Å²) in [4.78, 5) is 29.8. The second-order valence-electron chi connectivity index (χ2n) is 5.36. The van der Waals surface area contributed by atoms with E-state index in [2.05, 4.69) is 4.99 Å². The minimum atomic E-state index is -1.23. The molecule has 1 atom stereocenters. The van der Waals surface area contributed by atoms with Crippen molar-refractivity contribution in [2.24, 2.45) is 4.99 Å². The zero-order valence-electron chi connectivity index (χ0n) is 13.2. The molecule has 1 amide bonds. The molecule has 0 N–H and O–H groups in total. The summed E-state index contributed by atoms with van der Waals surface area (Å²) in [6.45, 7) is 1.25. The van der Waals surface area contributed by atoms with Crippen molar-refractivity contribution in [3.05, 3.63) is 64.7 Å². The second kappa shape index (κ2) is 6.45. The van der Waals surface area contributed by atoms with E-state index >= 15 is 0 Å². The molecule has 6 heteroatoms. The number of hydrogen-bond acceptors (Lipinski definition) is 4. The van der Waals surface area contributed by atoms with Crippen LogP contribution in [0.3, 0.4) is 0 Å². The van der Waals surface area contributed by atoms with Crippen molar-refractivity contribution in [2.45, 2.75) is 13.2 Å². The van der Waals surface area contributed by atoms with Gasteiger partial charge in [-0.15, -0.1) is 0 Å². The van der Waals surface area contributed by atoms with Crippen LogP contribution in [0.2, 0.25) is 5.02 Å². The normalized spacial score (nSPS) is 17.0. The van der Waals surface area contributed by atoms with Crippen LogP contribution in [0.4, 0.5) is 5.69 Å². The van der Waals surface area contributed by atoms with Crippen LogP contribution >= 0.6 is 11.6 Å². The van der Waals surface area contributed by atoms with Crippen LogP contribution in [0.5, 0.6) is 0 Å². The Bertz CT molecular complexity index is 833. The highest BCUT2D eigenvalue weighted by Gasteiger charge is 2.32. The largest absolute Gasteiger partial charge is 0.430 e. The number of benzene rings is 2. The van der Waals surface area contributed by atoms with Crippen LogP contribution in [-0.4, -0.2) is 30.9 Å². The highest BCUT2D eigenvalue weighted by Crippen LogP contribution is 2.30. The zero-order valence-corrected chi connectivity index (χ0v) is 13.9. The van der Waals surface area contributed by atoms with Gasteiger partial charge in [0.05, 0.1) is 11.4 Å². The molecule has 0 unspecified atom stereocenters. The van der Waals surface area contributed by atoms with Crippen molar-refractivity contribution >= 4 is 34.9 Å². The first-order valence-corrected chi connectivity index (χ1v) is 7.73. The molecular formula is C18H15ClN2O3. The number of aliphatic imine (C=N–C) groups is 1. The van der Waals surface area contributed by atoms with Gasteiger partial charge in [-0.2, -0.15) is 0 Å². The first-order valence-electron chi connectivity index (χ1n) is 7.35. The lowest BCUT2D eigenvalue weighted by atomic mass is 10.0. The number of nitrogens with zero attached hydrogens (tertiary/aromatic N) is 2. The summed E-state index contributed by atoms with van der Waals surface area (Å²) in [5.74, 6) is -0.985. The van der Waals surface area contributed by atoms with Gasteiger partial charge in [-0.1, -0.05) is 41.9 Å². The van der Waals surface area contributed by atoms with Crippen molar-refractivity contribution in [2.75, 3.05) is 11.9 Å². The Morgan fingerprint density at radius 2 is 1.92 bits per heavy atom. The minimum Gasteiger partial charge on any atom is -0.430 e. The number of anilines is 1. The van der Waals surface area contributed by atoms with E-state index in [9.17, 15) is 9.59 Å². The Morgan fingerprint density at radius 1 is 1.21 bits per heavy atom. The highest BCUT2D eigenvalue weighted by molar-refractivity contribution is 6.32. The van der Waals surface area contributed by atoms with Gasteiger partial charge >= 0.3 is 5.97 Å². The second-order valence-corrected chi connectivity index (χ2v) is 5.80. The minimum absolute atomic E-state index is 0.417. The molecule has 2 aromatic carbocycles. The summed E-state index contributed by atoms with van der Waals surface area (Å²) in [6.07, 6.45) is -1.23. The molecule has 1 aliphatic heterocycles. The molecule has 3 rings (SSSR count). The maximum atomic E-state index is 12.6. The molecule has 0 bridgehead atoms. The van der Waals surface area contributed by atoms with Gasteiger partial charge in [-0.3, -0.25) is 9.59 Å². The lowest BCUT2D eigenvalue weighted by Gasteiger charge is -2.20. The van der Waals surface area contributed by atoms with E-state index in [4.69, 9.17) is 16.3 Å². The average molecular weight is 343 g/mol. The molecule has 122 valence electrons. The predicted octanol–water partition coefficient (Wildman–Crippen LogP) is 3.04. The molecule has 0 fully saturated rings. The third kappa shape index (κ3) is 3.03. The fraction of sp³-hybridized carbons (Fsp3) is 0.167. The monoisotopic (exact) mass is 342 g/mol. The van der Waals surface area contributed by atoms with Crippen LogP contribution in [0, 0.1) is 0 Å². The first kappa shape index (κ1) is 16.2. The zero-order chi connectivity index (χ0) is 17.3. The number of likely N-dealkylation sites (N-methyl/N-ethyl adjacent to an activating group) is 1. The Hall–Kier alpha value is -2.66. The summed E-state index contributed by atoms with van der Waals surface area (Å²) < 4.78 is 5.12. The summed E-state index contributed by atoms with van der Waals surface area (Å²) in [5.41, 5.74) is 2.72. The molecule has 0 aliphatic carbocycles. The molecule has 0 spiro atoms. The third-order valence-electron chi connectivity index (χ3n) is 3.69. The lowest BCUT2D eigenvalue weighted by molar-refractivity contribution is -0.152. The van der Waals surface area contributed by atoms with Crippen LogP contribution in [-0.2, 0) is 14.3 Å². The number of fused-ring (bicyclic) bond motifs is 1. The summed E-state index contributed by atoms with van der Waals surface area (Å²) in [6, 6.07) is 14.6. The Morgan fingerprint density at radius 3 is 2.58 bits per heavy atom. The number of halogens is 1. The number of esters is 1. The molecule has 0 saturated carbocycles. The molecule has 0 saturated heterocycles. The van der Waals surface area contributed by atoms with Gasteiger partial charge in [0.1, 0.15) is 0 Å². The molecule has 24 heavy (non-hydrogen) atoms. The fourth-order valence-electron chi connectivity index (χ4n) is 2.58. The van der Waals surface area contributed by atoms with Crippen LogP contribution < -0.4 is 4.90 Å². The molecule has 1 heterocycles. The summed E-state index contributed by atoms with van der Waals surface area (Å²) >= 11 is 6.14. The first-order chi connectivity index (χ1) is 11.5. The number of amides is 1. The van der Waals surface area contributed by atoms with E-state index in [-0.39, 0.29) is 0 Å². The predicted molar refractivity (Wildman–Crippen MR) is 92.5 cm³/mol. The molecule has 0 aromatic heterocycles. The topological polar surface area (TPSA) is 59.0 Å². The van der Waals surface area contributed by atoms with Gasteiger partial charge in [0.2, 0.25) is 0 Å². The molecular weight excluding hydrogens is 328 g/mol. The molecule has 0 radical (unpaired) electrons. The third-order valence-corrected chi connectivity index (χ3v) is 3.92. The van der Waals surface area contributed by atoms with Crippen molar-refractivity contribution in [1.82, 2.24) is 0 Å². The van der Waals surface area contributed by atoms with E-state index in [1.54, 1.807) is 25.2 Å². The maximum absolute atomic E-state index is 12.6. The van der Waals surface area contributed by atoms with Crippen LogP contribution in [0.1, 0.15) is 18.1 Å². The van der Waals surface area contributed by atoms with Gasteiger partial charge in [-0.05, 0) is 18.2 Å². The number of ether oxygens (including phenoxy) is 1. The number of benzodiazepines with no additional fused rings is 1. The molecule has 2 aromatic rings. The van der Waals surface area contributed by atoms with E-state index in [0.29, 0.717) is 22.0 Å². The number of hydrogen-bond donors (Lipinski definition) is 0. The summed E-state index contributed by atoms with van der Waals surface area (Å²) in [7, 11) is 1.62. The van der Waals surface area contributed by atoms with E-state index in [0.717, 1.165) is 5.56 Å². The van der Waals surface area contributed by atoms with E-state index in [1.807, 2.05) is 30.3 Å². The van der Waals surface area contributed by atoms with Crippen molar-refractivity contribution in [3.8, 4) is 0 Å². The van der Waals surface area contributed by atoms with Gasteiger partial charge in [-0.25, -0.2) is 4.99 Å². The summed E-state index contributed by atoms with van der Waals surface area (Å²) in [5, 5.41) is 0.532. The number of carbonyl (C=O) groups excluding carboxylic acids is 2. The fourth-order valence-corrected chi connectivity index (χ4v) is 2.75. The highest BCUT2D eigenvalue weighted by atomic mass is 35.5. The molecule has 5 nitrogen and oxygen atoms in total. The van der Waals surface area contributed by atoms with Gasteiger partial charge in [0.25, 0.3) is 12.1 Å². The standard InChI is InChI=1S/C18H15ClN2O3/c1-11(22)24-17-18(23)21(2)15-9-8-13(19)10-14(15)16(20-17)12-6-4-3-5-7-12/h3-10,17H,1-2H3/t17-/m0/s1.